The van der Waals surface area contributed by atoms with Crippen molar-refractivity contribution >= 4 is 23.7 Å². The normalized spacial score (nSPS) is 14.9. The van der Waals surface area contributed by atoms with E-state index in [0.29, 0.717) is 6.54 Å². The summed E-state index contributed by atoms with van der Waals surface area (Å²) >= 11 is 0. The molecule has 29 heavy (non-hydrogen) atoms. The fourth-order valence-corrected chi connectivity index (χ4v) is 3.09. The minimum atomic E-state index is -1.15. The zero-order chi connectivity index (χ0) is 21.1. The molecule has 0 aromatic heterocycles. The number of hydrogen-bond donors (Lipinski definition) is 1. The molecule has 2 unspecified atom stereocenters. The molecule has 0 bridgehead atoms. The van der Waals surface area contributed by atoms with Crippen molar-refractivity contribution in [2.75, 3.05) is 0 Å². The average Bonchev–Trinajstić information content (AvgIpc) is 2.95. The van der Waals surface area contributed by atoms with E-state index in [-0.39, 0.29) is 11.1 Å². The highest BCUT2D eigenvalue weighted by atomic mass is 16.5. The Bertz CT molecular complexity index is 970. The molecule has 1 aliphatic heterocycles. The van der Waals surface area contributed by atoms with E-state index in [9.17, 15) is 19.2 Å². The summed E-state index contributed by atoms with van der Waals surface area (Å²) in [6, 6.07) is 13.1. The van der Waals surface area contributed by atoms with Gasteiger partial charge >= 0.3 is 5.97 Å². The van der Waals surface area contributed by atoms with Gasteiger partial charge in [0.2, 0.25) is 0 Å². The fraction of sp³-hybridized carbons (Fsp3) is 0.273. The molecule has 0 saturated carbocycles. The van der Waals surface area contributed by atoms with Crippen LogP contribution in [0.1, 0.15) is 45.7 Å². The lowest BCUT2D eigenvalue weighted by Gasteiger charge is -2.22. The molecular weight excluding hydrogens is 372 g/mol. The van der Waals surface area contributed by atoms with Gasteiger partial charge in [-0.2, -0.15) is 0 Å². The van der Waals surface area contributed by atoms with Gasteiger partial charge in [0.05, 0.1) is 11.1 Å². The second-order valence-corrected chi connectivity index (χ2v) is 6.99. The van der Waals surface area contributed by atoms with Crippen molar-refractivity contribution in [3.63, 3.8) is 0 Å². The van der Waals surface area contributed by atoms with E-state index in [1.54, 1.807) is 18.2 Å². The third-order valence-electron chi connectivity index (χ3n) is 4.77. The molecule has 150 valence electrons. The molecule has 2 aromatic rings. The van der Waals surface area contributed by atoms with E-state index in [2.05, 4.69) is 5.32 Å². The summed E-state index contributed by atoms with van der Waals surface area (Å²) in [5, 5.41) is 2.69. The maximum Gasteiger partial charge on any atom is 0.329 e. The maximum absolute atomic E-state index is 12.6. The van der Waals surface area contributed by atoms with Crippen LogP contribution in [0.25, 0.3) is 0 Å². The first-order valence-electron chi connectivity index (χ1n) is 9.30. The molecule has 0 radical (unpaired) electrons. The number of ether oxygens (including phenoxy) is 1. The van der Waals surface area contributed by atoms with Crippen LogP contribution in [0.15, 0.2) is 48.5 Å². The number of benzene rings is 2. The van der Waals surface area contributed by atoms with Crippen LogP contribution in [0.4, 0.5) is 0 Å². The predicted molar refractivity (Wildman–Crippen MR) is 105 cm³/mol. The highest BCUT2D eigenvalue weighted by Gasteiger charge is 2.42. The molecule has 1 aliphatic rings. The van der Waals surface area contributed by atoms with Crippen LogP contribution in [0, 0.1) is 6.92 Å². The Balaban J connectivity index is 1.61. The van der Waals surface area contributed by atoms with E-state index in [0.717, 1.165) is 16.0 Å². The predicted octanol–water partition coefficient (Wildman–Crippen LogP) is 2.23. The van der Waals surface area contributed by atoms with Gasteiger partial charge in [0.25, 0.3) is 17.7 Å². The van der Waals surface area contributed by atoms with Crippen LogP contribution in [0.5, 0.6) is 0 Å². The molecule has 0 spiro atoms. The number of imide groups is 1. The highest BCUT2D eigenvalue weighted by molar-refractivity contribution is 6.22. The molecule has 2 aromatic carbocycles. The SMILES string of the molecule is Cc1ccc2c(c1)C(=O)N(C(C)C(=O)OC(C)C(=O)NCc1ccccc1)C2=O. The number of aryl methyl sites for hydroxylation is 1. The van der Waals surface area contributed by atoms with E-state index >= 15 is 0 Å². The van der Waals surface area contributed by atoms with Gasteiger partial charge in [-0.15, -0.1) is 0 Å². The van der Waals surface area contributed by atoms with Gasteiger partial charge in [-0.1, -0.05) is 42.0 Å². The van der Waals surface area contributed by atoms with Crippen LogP contribution < -0.4 is 5.32 Å². The zero-order valence-electron chi connectivity index (χ0n) is 16.5. The Morgan fingerprint density at radius 2 is 1.66 bits per heavy atom. The van der Waals surface area contributed by atoms with Crippen molar-refractivity contribution in [1.82, 2.24) is 10.2 Å². The van der Waals surface area contributed by atoms with Crippen LogP contribution in [0.3, 0.4) is 0 Å². The summed E-state index contributed by atoms with van der Waals surface area (Å²) in [6.07, 6.45) is -1.06. The first-order chi connectivity index (χ1) is 13.8. The number of hydrogen-bond acceptors (Lipinski definition) is 5. The van der Waals surface area contributed by atoms with Crippen molar-refractivity contribution in [2.45, 2.75) is 39.5 Å². The lowest BCUT2D eigenvalue weighted by Crippen LogP contribution is -2.46. The number of nitrogens with zero attached hydrogens (tertiary/aromatic N) is 1. The molecule has 1 N–H and O–H groups in total. The van der Waals surface area contributed by atoms with Gasteiger partial charge in [-0.05, 0) is 38.5 Å². The molecule has 3 amide bonds. The minimum absolute atomic E-state index is 0.258. The van der Waals surface area contributed by atoms with Crippen LogP contribution >= 0.6 is 0 Å². The molecule has 3 rings (SSSR count). The Morgan fingerprint density at radius 1 is 1.00 bits per heavy atom. The lowest BCUT2D eigenvalue weighted by molar-refractivity contribution is -0.158. The molecule has 0 saturated heterocycles. The van der Waals surface area contributed by atoms with Crippen LogP contribution in [0.2, 0.25) is 0 Å². The number of esters is 1. The summed E-state index contributed by atoms with van der Waals surface area (Å²) < 4.78 is 5.20. The molecule has 2 atom stereocenters. The van der Waals surface area contributed by atoms with Crippen molar-refractivity contribution in [3.05, 3.63) is 70.8 Å². The van der Waals surface area contributed by atoms with Crippen molar-refractivity contribution in [3.8, 4) is 0 Å². The zero-order valence-corrected chi connectivity index (χ0v) is 16.5. The largest absolute Gasteiger partial charge is 0.451 e. The number of carbonyl (C=O) groups is 4. The molecular formula is C22H22N2O5. The summed E-state index contributed by atoms with van der Waals surface area (Å²) in [6.45, 7) is 4.96. The maximum atomic E-state index is 12.6. The second kappa shape index (κ2) is 8.26. The van der Waals surface area contributed by atoms with Gasteiger partial charge in [0, 0.05) is 6.54 Å². The Kier molecular flexibility index (Phi) is 5.77. The van der Waals surface area contributed by atoms with Crippen molar-refractivity contribution < 1.29 is 23.9 Å². The van der Waals surface area contributed by atoms with Crippen LogP contribution in [-0.4, -0.2) is 40.7 Å². The second-order valence-electron chi connectivity index (χ2n) is 6.99. The molecule has 0 aliphatic carbocycles. The summed E-state index contributed by atoms with van der Waals surface area (Å²) in [5.74, 6) is -2.37. The van der Waals surface area contributed by atoms with E-state index in [1.807, 2.05) is 37.3 Å². The summed E-state index contributed by atoms with van der Waals surface area (Å²) in [7, 11) is 0. The molecule has 0 fully saturated rings. The van der Waals surface area contributed by atoms with Crippen molar-refractivity contribution in [2.24, 2.45) is 0 Å². The summed E-state index contributed by atoms with van der Waals surface area (Å²) in [5.41, 5.74) is 2.27. The third-order valence-corrected chi connectivity index (χ3v) is 4.77. The Morgan fingerprint density at radius 3 is 2.34 bits per heavy atom. The standard InChI is InChI=1S/C22H22N2O5/c1-13-9-10-17-18(11-13)21(27)24(20(17)26)14(2)22(28)29-15(3)19(25)23-12-16-7-5-4-6-8-16/h4-11,14-15H,12H2,1-3H3,(H,23,25). The molecule has 7 nitrogen and oxygen atoms in total. The topological polar surface area (TPSA) is 92.8 Å². The Hall–Kier alpha value is -3.48. The average molecular weight is 394 g/mol. The number of carbonyl (C=O) groups excluding carboxylic acids is 4. The first kappa shape index (κ1) is 20.3. The monoisotopic (exact) mass is 394 g/mol. The van der Waals surface area contributed by atoms with Gasteiger partial charge in [0.1, 0.15) is 6.04 Å². The number of amides is 3. The third kappa shape index (κ3) is 4.18. The Labute approximate surface area is 168 Å². The van der Waals surface area contributed by atoms with Crippen LogP contribution in [-0.2, 0) is 20.9 Å². The lowest BCUT2D eigenvalue weighted by atomic mass is 10.1. The van der Waals surface area contributed by atoms with E-state index in [4.69, 9.17) is 4.74 Å². The van der Waals surface area contributed by atoms with Crippen molar-refractivity contribution in [1.29, 1.82) is 0 Å². The van der Waals surface area contributed by atoms with E-state index in [1.165, 1.54) is 13.8 Å². The highest BCUT2D eigenvalue weighted by Crippen LogP contribution is 2.26. The molecule has 1 heterocycles. The molecule has 7 heteroatoms. The van der Waals surface area contributed by atoms with Gasteiger partial charge in [0.15, 0.2) is 6.10 Å². The van der Waals surface area contributed by atoms with Gasteiger partial charge in [-0.3, -0.25) is 19.3 Å². The van der Waals surface area contributed by atoms with Gasteiger partial charge < -0.3 is 10.1 Å². The number of fused-ring (bicyclic) bond motifs is 1. The van der Waals surface area contributed by atoms with E-state index < -0.39 is 35.8 Å². The minimum Gasteiger partial charge on any atom is -0.451 e. The summed E-state index contributed by atoms with van der Waals surface area (Å²) in [4.78, 5) is 50.7. The number of rotatable bonds is 6. The first-order valence-corrected chi connectivity index (χ1v) is 9.30. The van der Waals surface area contributed by atoms with Gasteiger partial charge in [-0.25, -0.2) is 4.79 Å². The smallest absolute Gasteiger partial charge is 0.329 e. The quantitative estimate of drug-likeness (QED) is 0.599. The number of nitrogens with one attached hydrogen (secondary N) is 1. The fourth-order valence-electron chi connectivity index (χ4n) is 3.09.